The van der Waals surface area contributed by atoms with Gasteiger partial charge in [-0.1, -0.05) is 0 Å². The summed E-state index contributed by atoms with van der Waals surface area (Å²) >= 11 is 0. The number of ether oxygens (including phenoxy) is 2. The van der Waals surface area contributed by atoms with Crippen molar-refractivity contribution in [2.24, 2.45) is 0 Å². The maximum atomic E-state index is 14.1. The zero-order valence-electron chi connectivity index (χ0n) is 13.6. The molecule has 7 nitrogen and oxygen atoms in total. The Kier molecular flexibility index (Phi) is 4.77. The lowest BCUT2D eigenvalue weighted by molar-refractivity contribution is 0.190. The van der Waals surface area contributed by atoms with E-state index in [1.807, 2.05) is 0 Å². The smallest absolute Gasteiger partial charge is 0.413 e. The Morgan fingerprint density at radius 3 is 2.54 bits per heavy atom. The van der Waals surface area contributed by atoms with Crippen LogP contribution < -0.4 is 26.3 Å². The summed E-state index contributed by atoms with van der Waals surface area (Å²) < 4.78 is 24.5. The van der Waals surface area contributed by atoms with Crippen LogP contribution in [0.2, 0.25) is 0 Å². The molecule has 2 rings (SSSR count). The highest BCUT2D eigenvalue weighted by Gasteiger charge is 2.16. The first-order valence-electron chi connectivity index (χ1n) is 7.13. The van der Waals surface area contributed by atoms with Crippen LogP contribution in [0.5, 0.6) is 17.2 Å². The van der Waals surface area contributed by atoms with Gasteiger partial charge in [0, 0.05) is 23.9 Å². The fourth-order valence-electron chi connectivity index (χ4n) is 1.74. The summed E-state index contributed by atoms with van der Waals surface area (Å²) in [4.78, 5) is 15.5. The van der Waals surface area contributed by atoms with Gasteiger partial charge in [-0.2, -0.15) is 0 Å². The molecule has 0 unspecified atom stereocenters. The molecule has 2 aromatic rings. The van der Waals surface area contributed by atoms with Crippen LogP contribution in [0.1, 0.15) is 20.8 Å². The minimum Gasteiger partial charge on any atom is -0.452 e. The molecule has 1 heterocycles. The van der Waals surface area contributed by atoms with Crippen LogP contribution in [0.4, 0.5) is 20.7 Å². The Morgan fingerprint density at radius 2 is 1.92 bits per heavy atom. The van der Waals surface area contributed by atoms with Crippen molar-refractivity contribution in [1.29, 1.82) is 0 Å². The zero-order chi connectivity index (χ0) is 17.9. The number of hydrogen-bond acceptors (Lipinski definition) is 6. The Morgan fingerprint density at radius 1 is 1.21 bits per heavy atom. The van der Waals surface area contributed by atoms with Gasteiger partial charge >= 0.3 is 6.09 Å². The number of carbonyl (C=O) groups is 1. The molecule has 1 amide bonds. The molecule has 24 heavy (non-hydrogen) atoms. The van der Waals surface area contributed by atoms with Gasteiger partial charge in [-0.05, 0) is 32.9 Å². The van der Waals surface area contributed by atoms with Gasteiger partial charge in [0.2, 0.25) is 0 Å². The molecular weight excluding hydrogens is 315 g/mol. The monoisotopic (exact) mass is 334 g/mol. The lowest BCUT2D eigenvalue weighted by Crippen LogP contribution is -2.42. The Labute approximate surface area is 138 Å². The number of halogens is 1. The molecule has 0 bridgehead atoms. The standard InChI is InChI=1S/C16H19FN4O3/c1-16(2,3)21-15(22)23-9-4-5-11(10(17)8-9)24-12-6-7-20-14(19)13(12)18/h4-8H,18H2,1-3H3,(H2,19,20)(H,21,22). The van der Waals surface area contributed by atoms with Gasteiger partial charge in [0.15, 0.2) is 17.3 Å². The van der Waals surface area contributed by atoms with Crippen LogP contribution in [-0.2, 0) is 0 Å². The van der Waals surface area contributed by atoms with E-state index in [2.05, 4.69) is 10.3 Å². The largest absolute Gasteiger partial charge is 0.452 e. The summed E-state index contributed by atoms with van der Waals surface area (Å²) in [7, 11) is 0. The zero-order valence-corrected chi connectivity index (χ0v) is 13.6. The normalized spacial score (nSPS) is 11.0. The summed E-state index contributed by atoms with van der Waals surface area (Å²) in [6.07, 6.45) is 0.717. The highest BCUT2D eigenvalue weighted by molar-refractivity contribution is 5.71. The molecule has 8 heteroatoms. The van der Waals surface area contributed by atoms with Crippen LogP contribution in [-0.4, -0.2) is 16.6 Å². The number of nitrogens with two attached hydrogens (primary N) is 2. The van der Waals surface area contributed by atoms with Crippen molar-refractivity contribution in [3.05, 3.63) is 36.3 Å². The first-order chi connectivity index (χ1) is 11.2. The minimum absolute atomic E-state index is 0.0452. The van der Waals surface area contributed by atoms with Crippen molar-refractivity contribution in [3.63, 3.8) is 0 Å². The van der Waals surface area contributed by atoms with Crippen LogP contribution in [0.25, 0.3) is 0 Å². The Bertz CT molecular complexity index is 759. The van der Waals surface area contributed by atoms with Gasteiger partial charge in [-0.15, -0.1) is 0 Å². The van der Waals surface area contributed by atoms with Crippen molar-refractivity contribution < 1.29 is 18.7 Å². The summed E-state index contributed by atoms with van der Waals surface area (Å²) in [5, 5.41) is 2.60. The summed E-state index contributed by atoms with van der Waals surface area (Å²) in [5.41, 5.74) is 10.9. The molecule has 0 spiro atoms. The highest BCUT2D eigenvalue weighted by atomic mass is 19.1. The third kappa shape index (κ3) is 4.48. The van der Waals surface area contributed by atoms with E-state index >= 15 is 0 Å². The first kappa shape index (κ1) is 17.3. The van der Waals surface area contributed by atoms with Gasteiger partial charge < -0.3 is 26.3 Å². The van der Waals surface area contributed by atoms with Gasteiger partial charge in [-0.3, -0.25) is 0 Å². The maximum Gasteiger partial charge on any atom is 0.413 e. The lowest BCUT2D eigenvalue weighted by atomic mass is 10.1. The van der Waals surface area contributed by atoms with E-state index in [0.29, 0.717) is 0 Å². The third-order valence-corrected chi connectivity index (χ3v) is 2.79. The molecule has 1 aromatic carbocycles. The molecule has 0 atom stereocenters. The number of nitrogen functional groups attached to an aromatic ring is 2. The summed E-state index contributed by atoms with van der Waals surface area (Å²) in [5.74, 6) is -0.488. The SMILES string of the molecule is CC(C)(C)NC(=O)Oc1ccc(Oc2ccnc(N)c2N)c(F)c1. The summed E-state index contributed by atoms with van der Waals surface area (Å²) in [6.45, 7) is 5.41. The number of carbonyl (C=O) groups excluding carboxylic acids is 1. The van der Waals surface area contributed by atoms with E-state index < -0.39 is 17.4 Å². The number of benzene rings is 1. The molecule has 5 N–H and O–H groups in total. The van der Waals surface area contributed by atoms with Crippen molar-refractivity contribution in [3.8, 4) is 17.2 Å². The van der Waals surface area contributed by atoms with E-state index in [-0.39, 0.29) is 28.8 Å². The molecule has 0 aliphatic heterocycles. The molecule has 0 saturated heterocycles. The molecule has 0 aliphatic rings. The van der Waals surface area contributed by atoms with Gasteiger partial charge in [-0.25, -0.2) is 14.2 Å². The third-order valence-electron chi connectivity index (χ3n) is 2.79. The fourth-order valence-corrected chi connectivity index (χ4v) is 1.74. The molecular formula is C16H19FN4O3. The topological polar surface area (TPSA) is 112 Å². The van der Waals surface area contributed by atoms with Crippen LogP contribution in [0, 0.1) is 5.82 Å². The quantitative estimate of drug-likeness (QED) is 0.795. The predicted molar refractivity (Wildman–Crippen MR) is 88.4 cm³/mol. The van der Waals surface area contributed by atoms with Crippen molar-refractivity contribution in [1.82, 2.24) is 10.3 Å². The van der Waals surface area contributed by atoms with E-state index in [9.17, 15) is 9.18 Å². The second-order valence-electron chi connectivity index (χ2n) is 6.07. The molecule has 128 valence electrons. The summed E-state index contributed by atoms with van der Waals surface area (Å²) in [6, 6.07) is 5.23. The lowest BCUT2D eigenvalue weighted by Gasteiger charge is -2.19. The number of hydrogen-bond donors (Lipinski definition) is 3. The number of nitrogens with one attached hydrogen (secondary N) is 1. The second-order valence-corrected chi connectivity index (χ2v) is 6.07. The first-order valence-corrected chi connectivity index (χ1v) is 7.13. The molecule has 1 aromatic heterocycles. The van der Waals surface area contributed by atoms with Gasteiger partial charge in [0.25, 0.3) is 0 Å². The average molecular weight is 334 g/mol. The van der Waals surface area contributed by atoms with Crippen molar-refractivity contribution in [2.45, 2.75) is 26.3 Å². The van der Waals surface area contributed by atoms with Crippen LogP contribution in [0.3, 0.4) is 0 Å². The number of aromatic nitrogens is 1. The number of nitrogens with zero attached hydrogens (tertiary/aromatic N) is 1. The molecule has 0 aliphatic carbocycles. The molecule has 0 saturated carbocycles. The van der Waals surface area contributed by atoms with E-state index in [1.165, 1.54) is 24.4 Å². The number of pyridine rings is 1. The second kappa shape index (κ2) is 6.61. The molecule has 0 radical (unpaired) electrons. The predicted octanol–water partition coefficient (Wildman–Crippen LogP) is 3.06. The fraction of sp³-hybridized carbons (Fsp3) is 0.250. The molecule has 0 fully saturated rings. The Balaban J connectivity index is 2.12. The van der Waals surface area contributed by atoms with E-state index in [1.54, 1.807) is 20.8 Å². The van der Waals surface area contributed by atoms with Crippen LogP contribution in [0.15, 0.2) is 30.5 Å². The highest BCUT2D eigenvalue weighted by Crippen LogP contribution is 2.32. The minimum atomic E-state index is -0.717. The van der Waals surface area contributed by atoms with Crippen molar-refractivity contribution in [2.75, 3.05) is 11.5 Å². The number of amides is 1. The van der Waals surface area contributed by atoms with E-state index in [4.69, 9.17) is 20.9 Å². The Hall–Kier alpha value is -3.03. The maximum absolute atomic E-state index is 14.1. The van der Waals surface area contributed by atoms with Gasteiger partial charge in [0.1, 0.15) is 17.3 Å². The number of anilines is 2. The van der Waals surface area contributed by atoms with Crippen LogP contribution >= 0.6 is 0 Å². The average Bonchev–Trinajstić information content (AvgIpc) is 2.44. The van der Waals surface area contributed by atoms with Gasteiger partial charge in [0.05, 0.1) is 0 Å². The van der Waals surface area contributed by atoms with E-state index in [0.717, 1.165) is 6.07 Å². The van der Waals surface area contributed by atoms with Crippen molar-refractivity contribution >= 4 is 17.6 Å². The number of rotatable bonds is 3.